The lowest BCUT2D eigenvalue weighted by Crippen LogP contribution is -2.44. The van der Waals surface area contributed by atoms with Gasteiger partial charge in [0.15, 0.2) is 0 Å². The average Bonchev–Trinajstić information content (AvgIpc) is 3.23. The van der Waals surface area contributed by atoms with E-state index in [0.29, 0.717) is 13.1 Å². The molecule has 1 saturated heterocycles. The molecule has 2 aromatic rings. The van der Waals surface area contributed by atoms with Gasteiger partial charge < -0.3 is 11.1 Å². The number of carbonyl (C=O) groups excluding carboxylic acids is 2. The molecule has 7 heteroatoms. The van der Waals surface area contributed by atoms with Crippen molar-refractivity contribution in [2.45, 2.75) is 18.5 Å². The summed E-state index contributed by atoms with van der Waals surface area (Å²) in [6.45, 7) is 1.95. The molecule has 0 aliphatic carbocycles. The Hall–Kier alpha value is -2.22. The first kappa shape index (κ1) is 17.6. The highest BCUT2D eigenvalue weighted by atomic mass is 32.1. The summed E-state index contributed by atoms with van der Waals surface area (Å²) in [4.78, 5) is 26.9. The molecule has 0 radical (unpaired) electrons. The smallest absolute Gasteiger partial charge is 0.321 e. The SMILES string of the molecule is N[C@@H]1CN(CC(=O)NC(=O)NCc2cccs2)C[C@H]1c1ccccc1. The molecule has 0 spiro atoms. The summed E-state index contributed by atoms with van der Waals surface area (Å²) < 4.78 is 0. The van der Waals surface area contributed by atoms with Crippen LogP contribution >= 0.6 is 11.3 Å². The number of likely N-dealkylation sites (tertiary alicyclic amines) is 1. The van der Waals surface area contributed by atoms with Crippen molar-refractivity contribution in [3.8, 4) is 0 Å². The van der Waals surface area contributed by atoms with Crippen LogP contribution in [0.15, 0.2) is 47.8 Å². The number of rotatable bonds is 5. The van der Waals surface area contributed by atoms with Crippen LogP contribution in [0.4, 0.5) is 4.79 Å². The molecule has 6 nitrogen and oxygen atoms in total. The second-order valence-electron chi connectivity index (χ2n) is 6.19. The highest BCUT2D eigenvalue weighted by molar-refractivity contribution is 7.09. The quantitative estimate of drug-likeness (QED) is 0.756. The lowest BCUT2D eigenvalue weighted by molar-refractivity contribution is -0.120. The second kappa shape index (κ2) is 8.24. The molecule has 0 unspecified atom stereocenters. The van der Waals surface area contributed by atoms with E-state index < -0.39 is 6.03 Å². The Balaban J connectivity index is 1.44. The van der Waals surface area contributed by atoms with Crippen LogP contribution in [0.25, 0.3) is 0 Å². The van der Waals surface area contributed by atoms with E-state index in [-0.39, 0.29) is 24.4 Å². The third-order valence-corrected chi connectivity index (χ3v) is 5.17. The number of nitrogens with zero attached hydrogens (tertiary/aromatic N) is 1. The zero-order valence-electron chi connectivity index (χ0n) is 13.9. The highest BCUT2D eigenvalue weighted by Crippen LogP contribution is 2.25. The van der Waals surface area contributed by atoms with Crippen molar-refractivity contribution in [2.24, 2.45) is 5.73 Å². The molecule has 25 heavy (non-hydrogen) atoms. The van der Waals surface area contributed by atoms with E-state index in [0.717, 1.165) is 11.4 Å². The van der Waals surface area contributed by atoms with Crippen LogP contribution in [0.3, 0.4) is 0 Å². The standard InChI is InChI=1S/C18H22N4O2S/c19-16-11-22(10-15(16)13-5-2-1-3-6-13)12-17(23)21-18(24)20-9-14-7-4-8-25-14/h1-8,15-16H,9-12,19H2,(H2,20,21,23,24)/t15-,16+/m0/s1. The van der Waals surface area contributed by atoms with Crippen LogP contribution in [-0.2, 0) is 11.3 Å². The number of amides is 3. The number of carbonyl (C=O) groups is 2. The predicted molar refractivity (Wildman–Crippen MR) is 98.3 cm³/mol. The molecule has 3 amide bonds. The lowest BCUT2D eigenvalue weighted by Gasteiger charge is -2.15. The minimum atomic E-state index is -0.471. The average molecular weight is 358 g/mol. The number of nitrogens with one attached hydrogen (secondary N) is 2. The summed E-state index contributed by atoms with van der Waals surface area (Å²) in [5.74, 6) is -0.105. The minimum Gasteiger partial charge on any atom is -0.333 e. The van der Waals surface area contributed by atoms with Gasteiger partial charge in [-0.2, -0.15) is 0 Å². The fourth-order valence-corrected chi connectivity index (χ4v) is 3.73. The van der Waals surface area contributed by atoms with Gasteiger partial charge in [-0.25, -0.2) is 4.79 Å². The van der Waals surface area contributed by atoms with E-state index in [1.54, 1.807) is 11.3 Å². The largest absolute Gasteiger partial charge is 0.333 e. The van der Waals surface area contributed by atoms with Gasteiger partial charge in [0.05, 0.1) is 13.1 Å². The van der Waals surface area contributed by atoms with Crippen molar-refractivity contribution in [3.63, 3.8) is 0 Å². The molecule has 1 fully saturated rings. The second-order valence-corrected chi connectivity index (χ2v) is 7.22. The normalized spacial score (nSPS) is 20.4. The minimum absolute atomic E-state index is 0.0112. The van der Waals surface area contributed by atoms with Gasteiger partial charge in [-0.3, -0.25) is 15.0 Å². The number of imide groups is 1. The molecular weight excluding hydrogens is 336 g/mol. The Kier molecular flexibility index (Phi) is 5.80. The molecule has 1 aliphatic rings. The summed E-state index contributed by atoms with van der Waals surface area (Å²) in [5, 5.41) is 7.00. The molecular formula is C18H22N4O2S. The Labute approximate surface area is 151 Å². The topological polar surface area (TPSA) is 87.5 Å². The van der Waals surface area contributed by atoms with Gasteiger partial charge in [-0.15, -0.1) is 11.3 Å². The maximum atomic E-state index is 12.1. The van der Waals surface area contributed by atoms with Crippen LogP contribution in [0.5, 0.6) is 0 Å². The van der Waals surface area contributed by atoms with Gasteiger partial charge in [0.25, 0.3) is 0 Å². The number of nitrogens with two attached hydrogens (primary N) is 1. The number of urea groups is 1. The van der Waals surface area contributed by atoms with Crippen molar-refractivity contribution in [3.05, 3.63) is 58.3 Å². The molecule has 2 heterocycles. The molecule has 2 atom stereocenters. The van der Waals surface area contributed by atoms with E-state index in [2.05, 4.69) is 22.8 Å². The van der Waals surface area contributed by atoms with Crippen molar-refractivity contribution in [1.29, 1.82) is 0 Å². The predicted octanol–water partition coefficient (Wildman–Crippen LogP) is 1.50. The van der Waals surface area contributed by atoms with Gasteiger partial charge in [-0.05, 0) is 17.0 Å². The zero-order valence-corrected chi connectivity index (χ0v) is 14.7. The fraction of sp³-hybridized carbons (Fsp3) is 0.333. The first-order valence-corrected chi connectivity index (χ1v) is 9.12. The first-order chi connectivity index (χ1) is 12.1. The van der Waals surface area contributed by atoms with Crippen LogP contribution < -0.4 is 16.4 Å². The van der Waals surface area contributed by atoms with Crippen molar-refractivity contribution in [1.82, 2.24) is 15.5 Å². The Bertz CT molecular complexity index is 705. The maximum absolute atomic E-state index is 12.1. The van der Waals surface area contributed by atoms with Crippen LogP contribution in [0.1, 0.15) is 16.4 Å². The van der Waals surface area contributed by atoms with Gasteiger partial charge in [0.2, 0.25) is 5.91 Å². The Morgan fingerprint density at radius 2 is 1.96 bits per heavy atom. The molecule has 1 aromatic carbocycles. The van der Waals surface area contributed by atoms with E-state index in [1.807, 2.05) is 40.6 Å². The Morgan fingerprint density at radius 3 is 2.68 bits per heavy atom. The van der Waals surface area contributed by atoms with E-state index in [1.165, 1.54) is 5.56 Å². The van der Waals surface area contributed by atoms with Crippen LogP contribution in [0.2, 0.25) is 0 Å². The van der Waals surface area contributed by atoms with Gasteiger partial charge in [-0.1, -0.05) is 36.4 Å². The van der Waals surface area contributed by atoms with E-state index in [4.69, 9.17) is 5.73 Å². The molecule has 1 aliphatic heterocycles. The number of hydrogen-bond donors (Lipinski definition) is 3. The first-order valence-electron chi connectivity index (χ1n) is 8.25. The number of thiophene rings is 1. The summed E-state index contributed by atoms with van der Waals surface area (Å²) in [6, 6.07) is 13.5. The third-order valence-electron chi connectivity index (χ3n) is 4.29. The Morgan fingerprint density at radius 1 is 1.16 bits per heavy atom. The number of benzene rings is 1. The summed E-state index contributed by atoms with van der Waals surface area (Å²) >= 11 is 1.56. The summed E-state index contributed by atoms with van der Waals surface area (Å²) in [5.41, 5.74) is 7.42. The third kappa shape index (κ3) is 4.88. The highest BCUT2D eigenvalue weighted by Gasteiger charge is 2.32. The van der Waals surface area contributed by atoms with Crippen LogP contribution in [-0.4, -0.2) is 42.5 Å². The zero-order chi connectivity index (χ0) is 17.6. The monoisotopic (exact) mass is 358 g/mol. The van der Waals surface area contributed by atoms with Gasteiger partial charge in [0.1, 0.15) is 0 Å². The van der Waals surface area contributed by atoms with Crippen LogP contribution in [0, 0.1) is 0 Å². The van der Waals surface area contributed by atoms with Gasteiger partial charge in [0, 0.05) is 29.9 Å². The molecule has 0 saturated carbocycles. The van der Waals surface area contributed by atoms with Crippen molar-refractivity contribution >= 4 is 23.3 Å². The summed E-state index contributed by atoms with van der Waals surface area (Å²) in [7, 11) is 0. The molecule has 0 bridgehead atoms. The molecule has 4 N–H and O–H groups in total. The van der Waals surface area contributed by atoms with Crippen molar-refractivity contribution < 1.29 is 9.59 Å². The summed E-state index contributed by atoms with van der Waals surface area (Å²) in [6.07, 6.45) is 0. The van der Waals surface area contributed by atoms with Crippen molar-refractivity contribution in [2.75, 3.05) is 19.6 Å². The van der Waals surface area contributed by atoms with E-state index >= 15 is 0 Å². The molecule has 3 rings (SSSR count). The molecule has 1 aromatic heterocycles. The lowest BCUT2D eigenvalue weighted by atomic mass is 9.95. The van der Waals surface area contributed by atoms with Gasteiger partial charge >= 0.3 is 6.03 Å². The van der Waals surface area contributed by atoms with E-state index in [9.17, 15) is 9.59 Å². The maximum Gasteiger partial charge on any atom is 0.321 e. The molecule has 132 valence electrons. The number of hydrogen-bond acceptors (Lipinski definition) is 5. The fourth-order valence-electron chi connectivity index (χ4n) is 3.09.